The first-order chi connectivity index (χ1) is 9.63. The molecule has 0 aromatic heterocycles. The SMILES string of the molecule is CC(C)NCc1ccc(N2CC3CCCC3C2)cc1Br. The zero-order valence-electron chi connectivity index (χ0n) is 12.5. The summed E-state index contributed by atoms with van der Waals surface area (Å²) < 4.78 is 1.24. The smallest absolute Gasteiger partial charge is 0.0377 e. The van der Waals surface area contributed by atoms with Crippen LogP contribution in [-0.2, 0) is 6.54 Å². The van der Waals surface area contributed by atoms with Gasteiger partial charge in [0.15, 0.2) is 0 Å². The van der Waals surface area contributed by atoms with Crippen LogP contribution in [0.3, 0.4) is 0 Å². The fourth-order valence-corrected chi connectivity index (χ4v) is 4.14. The van der Waals surface area contributed by atoms with Crippen LogP contribution in [0.25, 0.3) is 0 Å². The Hall–Kier alpha value is -0.540. The van der Waals surface area contributed by atoms with Gasteiger partial charge in [-0.15, -0.1) is 0 Å². The summed E-state index contributed by atoms with van der Waals surface area (Å²) in [4.78, 5) is 2.58. The third-order valence-electron chi connectivity index (χ3n) is 4.83. The highest BCUT2D eigenvalue weighted by molar-refractivity contribution is 9.10. The Labute approximate surface area is 131 Å². The van der Waals surface area contributed by atoms with E-state index in [9.17, 15) is 0 Å². The van der Waals surface area contributed by atoms with Crippen LogP contribution in [0.5, 0.6) is 0 Å². The number of benzene rings is 1. The molecule has 0 spiro atoms. The van der Waals surface area contributed by atoms with Crippen molar-refractivity contribution in [3.63, 3.8) is 0 Å². The second-order valence-corrected chi connectivity index (χ2v) is 7.52. The third-order valence-corrected chi connectivity index (χ3v) is 5.57. The number of halogens is 1. The molecule has 0 bridgehead atoms. The highest BCUT2D eigenvalue weighted by Gasteiger charge is 2.36. The molecule has 110 valence electrons. The minimum atomic E-state index is 0.527. The molecule has 1 aromatic carbocycles. The molecule has 0 amide bonds. The van der Waals surface area contributed by atoms with Crippen molar-refractivity contribution in [3.05, 3.63) is 28.2 Å². The van der Waals surface area contributed by atoms with Gasteiger partial charge in [-0.2, -0.15) is 0 Å². The Kier molecular flexibility index (Phi) is 4.37. The lowest BCUT2D eigenvalue weighted by molar-refractivity contribution is 0.494. The predicted octanol–water partition coefficient (Wildman–Crippen LogP) is 4.18. The van der Waals surface area contributed by atoms with Crippen LogP contribution in [0.2, 0.25) is 0 Å². The standard InChI is InChI=1S/C17H25BrN2/c1-12(2)19-9-13-6-7-16(8-17(13)18)20-10-14-4-3-5-15(14)11-20/h6-8,12,14-15,19H,3-5,9-11H2,1-2H3. The summed E-state index contributed by atoms with van der Waals surface area (Å²) >= 11 is 3.74. The minimum absolute atomic E-state index is 0.527. The lowest BCUT2D eigenvalue weighted by Crippen LogP contribution is -2.23. The molecular weight excluding hydrogens is 312 g/mol. The van der Waals surface area contributed by atoms with Crippen LogP contribution in [0, 0.1) is 11.8 Å². The molecule has 1 saturated heterocycles. The van der Waals surface area contributed by atoms with E-state index in [0.717, 1.165) is 18.4 Å². The molecule has 3 rings (SSSR count). The van der Waals surface area contributed by atoms with Gasteiger partial charge in [-0.25, -0.2) is 0 Å². The van der Waals surface area contributed by atoms with E-state index in [-0.39, 0.29) is 0 Å². The summed E-state index contributed by atoms with van der Waals surface area (Å²) in [5.41, 5.74) is 2.74. The number of nitrogens with one attached hydrogen (secondary N) is 1. The van der Waals surface area contributed by atoms with Crippen molar-refractivity contribution in [2.75, 3.05) is 18.0 Å². The molecule has 2 atom stereocenters. The topological polar surface area (TPSA) is 15.3 Å². The predicted molar refractivity (Wildman–Crippen MR) is 89.2 cm³/mol. The van der Waals surface area contributed by atoms with Crippen molar-refractivity contribution in [1.82, 2.24) is 5.32 Å². The summed E-state index contributed by atoms with van der Waals surface area (Å²) in [5, 5.41) is 3.48. The van der Waals surface area contributed by atoms with Gasteiger partial charge in [0, 0.05) is 35.8 Å². The molecule has 2 aliphatic rings. The molecule has 1 aliphatic carbocycles. The van der Waals surface area contributed by atoms with Gasteiger partial charge in [0.2, 0.25) is 0 Å². The van der Waals surface area contributed by atoms with Gasteiger partial charge in [0.05, 0.1) is 0 Å². The highest BCUT2D eigenvalue weighted by Crippen LogP contribution is 2.40. The lowest BCUT2D eigenvalue weighted by atomic mass is 10.0. The van der Waals surface area contributed by atoms with Gasteiger partial charge < -0.3 is 10.2 Å². The van der Waals surface area contributed by atoms with Gasteiger partial charge in [0.1, 0.15) is 0 Å². The van der Waals surface area contributed by atoms with Crippen molar-refractivity contribution < 1.29 is 0 Å². The van der Waals surface area contributed by atoms with Crippen molar-refractivity contribution >= 4 is 21.6 Å². The summed E-state index contributed by atoms with van der Waals surface area (Å²) in [6.45, 7) is 7.84. The summed E-state index contributed by atoms with van der Waals surface area (Å²) in [6, 6.07) is 7.39. The van der Waals surface area contributed by atoms with E-state index in [4.69, 9.17) is 0 Å². The van der Waals surface area contributed by atoms with E-state index in [0.29, 0.717) is 6.04 Å². The van der Waals surface area contributed by atoms with Crippen molar-refractivity contribution in [2.45, 2.75) is 45.7 Å². The summed E-state index contributed by atoms with van der Waals surface area (Å²) in [7, 11) is 0. The van der Waals surface area contributed by atoms with Crippen molar-refractivity contribution in [2.24, 2.45) is 11.8 Å². The van der Waals surface area contributed by atoms with Crippen molar-refractivity contribution in [1.29, 1.82) is 0 Å². The van der Waals surface area contributed by atoms with Gasteiger partial charge in [0.25, 0.3) is 0 Å². The fraction of sp³-hybridized carbons (Fsp3) is 0.647. The second kappa shape index (κ2) is 6.07. The van der Waals surface area contributed by atoms with Crippen molar-refractivity contribution in [3.8, 4) is 0 Å². The van der Waals surface area contributed by atoms with Crippen LogP contribution in [-0.4, -0.2) is 19.1 Å². The molecule has 1 saturated carbocycles. The first-order valence-electron chi connectivity index (χ1n) is 7.90. The number of nitrogens with zero attached hydrogens (tertiary/aromatic N) is 1. The van der Waals surface area contributed by atoms with Gasteiger partial charge in [-0.1, -0.05) is 42.3 Å². The van der Waals surface area contributed by atoms with Gasteiger partial charge >= 0.3 is 0 Å². The average Bonchev–Trinajstić information content (AvgIpc) is 2.97. The molecule has 1 aromatic rings. The van der Waals surface area contributed by atoms with E-state index in [2.05, 4.69) is 58.2 Å². The minimum Gasteiger partial charge on any atom is -0.371 e. The second-order valence-electron chi connectivity index (χ2n) is 6.67. The Bertz CT molecular complexity index is 460. The Morgan fingerprint density at radius 3 is 2.55 bits per heavy atom. The van der Waals surface area contributed by atoms with Crippen LogP contribution in [0.4, 0.5) is 5.69 Å². The van der Waals surface area contributed by atoms with Crippen LogP contribution >= 0.6 is 15.9 Å². The van der Waals surface area contributed by atoms with E-state index in [1.54, 1.807) is 0 Å². The van der Waals surface area contributed by atoms with Gasteiger partial charge in [-0.3, -0.25) is 0 Å². The zero-order chi connectivity index (χ0) is 14.1. The summed E-state index contributed by atoms with van der Waals surface area (Å²) in [6.07, 6.45) is 4.34. The normalized spacial score (nSPS) is 25.5. The maximum absolute atomic E-state index is 3.74. The molecule has 2 nitrogen and oxygen atoms in total. The monoisotopic (exact) mass is 336 g/mol. The van der Waals surface area contributed by atoms with Gasteiger partial charge in [-0.05, 0) is 42.4 Å². The average molecular weight is 337 g/mol. The number of anilines is 1. The molecule has 2 unspecified atom stereocenters. The number of fused-ring (bicyclic) bond motifs is 1. The van der Waals surface area contributed by atoms with E-state index < -0.39 is 0 Å². The Morgan fingerprint density at radius 2 is 1.95 bits per heavy atom. The maximum Gasteiger partial charge on any atom is 0.0377 e. The molecule has 1 aliphatic heterocycles. The molecule has 20 heavy (non-hydrogen) atoms. The Morgan fingerprint density at radius 1 is 1.25 bits per heavy atom. The van der Waals surface area contributed by atoms with Crippen LogP contribution < -0.4 is 10.2 Å². The van der Waals surface area contributed by atoms with E-state index >= 15 is 0 Å². The van der Waals surface area contributed by atoms with Crippen LogP contribution in [0.15, 0.2) is 22.7 Å². The Balaban J connectivity index is 1.68. The number of hydrogen-bond donors (Lipinski definition) is 1. The molecule has 2 fully saturated rings. The summed E-state index contributed by atoms with van der Waals surface area (Å²) in [5.74, 6) is 1.91. The first-order valence-corrected chi connectivity index (χ1v) is 8.69. The van der Waals surface area contributed by atoms with E-state index in [1.807, 2.05) is 0 Å². The molecule has 0 radical (unpaired) electrons. The maximum atomic E-state index is 3.74. The number of hydrogen-bond acceptors (Lipinski definition) is 2. The first kappa shape index (κ1) is 14.4. The quantitative estimate of drug-likeness (QED) is 0.887. The van der Waals surface area contributed by atoms with Crippen LogP contribution in [0.1, 0.15) is 38.7 Å². The molecular formula is C17H25BrN2. The largest absolute Gasteiger partial charge is 0.371 e. The number of rotatable bonds is 4. The fourth-order valence-electron chi connectivity index (χ4n) is 3.64. The zero-order valence-corrected chi connectivity index (χ0v) is 14.1. The van der Waals surface area contributed by atoms with E-state index in [1.165, 1.54) is 48.1 Å². The molecule has 1 N–H and O–H groups in total. The highest BCUT2D eigenvalue weighted by atomic mass is 79.9. The lowest BCUT2D eigenvalue weighted by Gasteiger charge is -2.21. The molecule has 1 heterocycles. The molecule has 3 heteroatoms. The third kappa shape index (κ3) is 3.04.